The maximum absolute atomic E-state index is 9.39. The average molecular weight is 340 g/mol. The minimum atomic E-state index is -2.92. The monoisotopic (exact) mass is 340 g/mol. The molecule has 0 amide bonds. The van der Waals surface area contributed by atoms with Gasteiger partial charge in [0.1, 0.15) is 0 Å². The summed E-state index contributed by atoms with van der Waals surface area (Å²) in [5.74, 6) is 2.76. The van der Waals surface area contributed by atoms with Crippen molar-refractivity contribution in [1.29, 1.82) is 0 Å². The Labute approximate surface area is 130 Å². The molecular formula is C14H30O5P2+2. The first-order chi connectivity index (χ1) is 9.41. The smallest absolute Gasteiger partial charge is 0.131 e. The van der Waals surface area contributed by atoms with Crippen molar-refractivity contribution < 1.29 is 23.2 Å². The highest BCUT2D eigenvalue weighted by atomic mass is 31.2. The summed E-state index contributed by atoms with van der Waals surface area (Å²) >= 11 is 0. The molecule has 0 radical (unpaired) electrons. The van der Waals surface area contributed by atoms with Gasteiger partial charge >= 0.3 is 16.5 Å². The van der Waals surface area contributed by atoms with Crippen molar-refractivity contribution in [3.8, 4) is 0 Å². The van der Waals surface area contributed by atoms with E-state index in [9.17, 15) is 9.13 Å². The third-order valence-corrected chi connectivity index (χ3v) is 4.08. The van der Waals surface area contributed by atoms with E-state index in [-0.39, 0.29) is 0 Å². The van der Waals surface area contributed by atoms with E-state index in [1.54, 1.807) is 11.1 Å². The Kier molecular flexibility index (Phi) is 12.5. The van der Waals surface area contributed by atoms with E-state index in [1.165, 1.54) is 0 Å². The van der Waals surface area contributed by atoms with Crippen LogP contribution in [0.1, 0.15) is 55.4 Å². The lowest BCUT2D eigenvalue weighted by atomic mass is 9.79. The average Bonchev–Trinajstić information content (AvgIpc) is 2.21. The Bertz CT molecular complexity index is 320. The lowest BCUT2D eigenvalue weighted by Crippen LogP contribution is -2.14. The van der Waals surface area contributed by atoms with Crippen LogP contribution in [-0.4, -0.2) is 9.79 Å². The molecule has 0 saturated heterocycles. The largest absolute Gasteiger partial charge is 0.745 e. The Balaban J connectivity index is 0. The van der Waals surface area contributed by atoms with Crippen molar-refractivity contribution in [2.45, 2.75) is 55.4 Å². The van der Waals surface area contributed by atoms with Gasteiger partial charge in [-0.15, -0.1) is 9.79 Å². The number of hydrogen-bond acceptors (Lipinski definition) is 3. The van der Waals surface area contributed by atoms with Gasteiger partial charge in [-0.05, 0) is 23.7 Å². The van der Waals surface area contributed by atoms with Crippen LogP contribution in [0.15, 0.2) is 11.1 Å². The van der Waals surface area contributed by atoms with Crippen LogP contribution in [0.25, 0.3) is 0 Å². The first-order valence-electron chi connectivity index (χ1n) is 7.15. The third-order valence-electron chi connectivity index (χ3n) is 2.96. The highest BCUT2D eigenvalue weighted by Gasteiger charge is 2.31. The van der Waals surface area contributed by atoms with Crippen LogP contribution in [0.5, 0.6) is 0 Å². The molecule has 0 aromatic carbocycles. The molecule has 0 bridgehead atoms. The van der Waals surface area contributed by atoms with Crippen molar-refractivity contribution in [3.05, 3.63) is 11.1 Å². The summed E-state index contributed by atoms with van der Waals surface area (Å²) in [7, 11) is -5.85. The van der Waals surface area contributed by atoms with Gasteiger partial charge in [0.15, 0.2) is 4.31 Å². The number of hydrogen-bond donors (Lipinski definition) is 2. The van der Waals surface area contributed by atoms with E-state index in [4.69, 9.17) is 9.79 Å². The van der Waals surface area contributed by atoms with Crippen LogP contribution in [0.2, 0.25) is 0 Å². The summed E-state index contributed by atoms with van der Waals surface area (Å²) in [6.45, 7) is 18.6. The quantitative estimate of drug-likeness (QED) is 0.512. The molecule has 2 unspecified atom stereocenters. The fourth-order valence-corrected chi connectivity index (χ4v) is 3.20. The van der Waals surface area contributed by atoms with Gasteiger partial charge in [-0.25, -0.2) is 0 Å². The Hall–Kier alpha value is -0.180. The molecule has 21 heavy (non-hydrogen) atoms. The fraction of sp³-hybridized carbons (Fsp3) is 0.857. The normalized spacial score (nSPS) is 12.5. The van der Waals surface area contributed by atoms with Crippen molar-refractivity contribution in [3.63, 3.8) is 0 Å². The van der Waals surface area contributed by atoms with E-state index < -0.39 is 16.5 Å². The molecule has 0 saturated carbocycles. The molecule has 0 heterocycles. The Morgan fingerprint density at radius 1 is 0.667 bits per heavy atom. The summed E-state index contributed by atoms with van der Waals surface area (Å²) in [4.78, 5) is 15.3. The predicted molar refractivity (Wildman–Crippen MR) is 87.1 cm³/mol. The zero-order valence-corrected chi connectivity index (χ0v) is 16.1. The molecule has 0 aliphatic rings. The van der Waals surface area contributed by atoms with Gasteiger partial charge in [0.2, 0.25) is 0 Å². The first kappa shape index (κ1) is 23.1. The lowest BCUT2D eigenvalue weighted by molar-refractivity contribution is 0.371. The summed E-state index contributed by atoms with van der Waals surface area (Å²) in [5, 5.41) is 0. The Morgan fingerprint density at radius 2 is 0.857 bits per heavy atom. The molecular weight excluding hydrogens is 310 g/mol. The molecule has 5 nitrogen and oxygen atoms in total. The minimum absolute atomic E-state index is 0.690. The summed E-state index contributed by atoms with van der Waals surface area (Å²) in [5.41, 5.74) is 3.35. The molecule has 0 aliphatic carbocycles. The van der Waals surface area contributed by atoms with Gasteiger partial charge in [0.25, 0.3) is 0 Å². The van der Waals surface area contributed by atoms with Gasteiger partial charge in [-0.1, -0.05) is 66.5 Å². The predicted octanol–water partition coefficient (Wildman–Crippen LogP) is 5.21. The zero-order valence-electron chi connectivity index (χ0n) is 14.3. The van der Waals surface area contributed by atoms with Crippen LogP contribution < -0.4 is 0 Å². The summed E-state index contributed by atoms with van der Waals surface area (Å²) in [6, 6.07) is 0. The molecule has 124 valence electrons. The molecule has 2 atom stereocenters. The standard InChI is InChI=1S/C14H28.O5P2/c1-9(2)13(10(3)4)14(11(5)6)12(7)8;1-6(2)5-7(3)4/h9-12H,1-8H3;/p+2. The molecule has 7 heteroatoms. The maximum Gasteiger partial charge on any atom is 0.745 e. The summed E-state index contributed by atoms with van der Waals surface area (Å²) in [6.07, 6.45) is 0. The van der Waals surface area contributed by atoms with Crippen molar-refractivity contribution in [2.75, 3.05) is 0 Å². The second-order valence-corrected chi connectivity index (χ2v) is 7.69. The molecule has 0 fully saturated rings. The van der Waals surface area contributed by atoms with Crippen LogP contribution >= 0.6 is 16.5 Å². The number of allylic oxidation sites excluding steroid dienone is 2. The molecule has 0 rings (SSSR count). The second kappa shape index (κ2) is 11.4. The van der Waals surface area contributed by atoms with Crippen LogP contribution in [0.3, 0.4) is 0 Å². The maximum atomic E-state index is 9.39. The highest BCUT2D eigenvalue weighted by Crippen LogP contribution is 2.32. The second-order valence-electron chi connectivity index (χ2n) is 6.09. The van der Waals surface area contributed by atoms with E-state index in [1.807, 2.05) is 0 Å². The first-order valence-corrected chi connectivity index (χ1v) is 9.41. The Morgan fingerprint density at radius 3 is 0.905 bits per heavy atom. The zero-order chi connectivity index (χ0) is 17.3. The van der Waals surface area contributed by atoms with Crippen molar-refractivity contribution in [2.24, 2.45) is 23.7 Å². The van der Waals surface area contributed by atoms with Gasteiger partial charge in [0.05, 0.1) is 0 Å². The molecule has 0 aromatic heterocycles. The van der Waals surface area contributed by atoms with Crippen LogP contribution in [0.4, 0.5) is 0 Å². The fourth-order valence-electron chi connectivity index (χ4n) is 2.73. The molecule has 0 aliphatic heterocycles. The van der Waals surface area contributed by atoms with Gasteiger partial charge < -0.3 is 0 Å². The van der Waals surface area contributed by atoms with Gasteiger partial charge in [-0.3, -0.25) is 0 Å². The van der Waals surface area contributed by atoms with E-state index in [0.717, 1.165) is 0 Å². The van der Waals surface area contributed by atoms with Crippen molar-refractivity contribution in [1.82, 2.24) is 0 Å². The minimum Gasteiger partial charge on any atom is -0.131 e. The molecule has 0 spiro atoms. The summed E-state index contributed by atoms with van der Waals surface area (Å²) < 4.78 is 22.2. The van der Waals surface area contributed by atoms with Crippen LogP contribution in [0, 0.1) is 23.7 Å². The van der Waals surface area contributed by atoms with E-state index in [0.29, 0.717) is 23.7 Å². The SMILES string of the molecule is CC(C)C(=C(C(C)C)C(C)C)C(C)C.O=[P+](O)O[P+](=O)O. The lowest BCUT2D eigenvalue weighted by Gasteiger charge is -2.27. The van der Waals surface area contributed by atoms with Gasteiger partial charge in [0, 0.05) is 9.13 Å². The van der Waals surface area contributed by atoms with E-state index in [2.05, 4.69) is 59.7 Å². The molecule has 2 N–H and O–H groups in total. The highest BCUT2D eigenvalue weighted by molar-refractivity contribution is 7.46. The van der Waals surface area contributed by atoms with Gasteiger partial charge in [-0.2, -0.15) is 0 Å². The molecule has 0 aromatic rings. The van der Waals surface area contributed by atoms with Crippen LogP contribution in [-0.2, 0) is 13.4 Å². The number of rotatable bonds is 6. The van der Waals surface area contributed by atoms with Crippen molar-refractivity contribution >= 4 is 16.5 Å². The third kappa shape index (κ3) is 11.1. The topological polar surface area (TPSA) is 83.8 Å². The van der Waals surface area contributed by atoms with E-state index >= 15 is 0 Å².